The Kier molecular flexibility index (Phi) is 5.74. The number of hydrogen-bond donors (Lipinski definition) is 2. The van der Waals surface area contributed by atoms with Gasteiger partial charge in [-0.3, -0.25) is 0 Å². The topological polar surface area (TPSA) is 33.9 Å². The molecule has 2 atom stereocenters. The maximum atomic E-state index is 10.2. The molecule has 0 spiro atoms. The van der Waals surface area contributed by atoms with Crippen molar-refractivity contribution in [3.63, 3.8) is 0 Å². The monoisotopic (exact) mass is 316 g/mol. The summed E-state index contributed by atoms with van der Waals surface area (Å²) in [6, 6.07) is 8.37. The summed E-state index contributed by atoms with van der Waals surface area (Å²) in [5.41, 5.74) is 1.36. The molecule has 2 aliphatic rings. The molecule has 3 heteroatoms. The summed E-state index contributed by atoms with van der Waals surface area (Å²) in [4.78, 5) is 1.52. The van der Waals surface area contributed by atoms with E-state index < -0.39 is 0 Å². The zero-order valence-electron chi connectivity index (χ0n) is 14.2. The number of piperidine rings is 1. The minimum Gasteiger partial charge on any atom is -0.491 e. The normalized spacial score (nSPS) is 28.7. The number of allylic oxidation sites excluding steroid dienone is 2. The number of nitrogens with one attached hydrogen (secondary N) is 1. The van der Waals surface area contributed by atoms with Gasteiger partial charge in [0.1, 0.15) is 25.0 Å². The van der Waals surface area contributed by atoms with E-state index in [2.05, 4.69) is 31.2 Å². The van der Waals surface area contributed by atoms with E-state index >= 15 is 0 Å². The fourth-order valence-electron chi connectivity index (χ4n) is 3.68. The summed E-state index contributed by atoms with van der Waals surface area (Å²) in [5.74, 6) is 2.28. The third-order valence-electron chi connectivity index (χ3n) is 5.27. The first-order valence-corrected chi connectivity index (χ1v) is 9.12. The Morgan fingerprint density at radius 3 is 2.57 bits per heavy atom. The summed E-state index contributed by atoms with van der Waals surface area (Å²) in [7, 11) is 0. The van der Waals surface area contributed by atoms with Crippen molar-refractivity contribution in [3.05, 3.63) is 42.0 Å². The van der Waals surface area contributed by atoms with E-state index in [4.69, 9.17) is 4.74 Å². The summed E-state index contributed by atoms with van der Waals surface area (Å²) < 4.78 is 5.77. The van der Waals surface area contributed by atoms with E-state index in [1.54, 1.807) is 0 Å². The Morgan fingerprint density at radius 2 is 1.91 bits per heavy atom. The van der Waals surface area contributed by atoms with Crippen LogP contribution in [0.5, 0.6) is 5.75 Å². The standard InChI is InChI=1S/C20H29NO2/c1-16-10-12-21(13-11-16)14-19(22)15-23-20-8-6-18(7-9-20)17-4-2-3-5-17/h2,4,6-9,16-17,19,22H,3,5,10-15H2,1H3/p+1/t17-,19-/m1/s1. The van der Waals surface area contributed by atoms with Crippen LogP contribution < -0.4 is 9.64 Å². The highest BCUT2D eigenvalue weighted by Crippen LogP contribution is 2.29. The van der Waals surface area contributed by atoms with Crippen molar-refractivity contribution in [1.82, 2.24) is 0 Å². The predicted molar refractivity (Wildman–Crippen MR) is 93.0 cm³/mol. The number of hydrogen-bond acceptors (Lipinski definition) is 2. The number of benzene rings is 1. The third-order valence-corrected chi connectivity index (χ3v) is 5.27. The number of aliphatic hydroxyl groups excluding tert-OH is 1. The van der Waals surface area contributed by atoms with Crippen LogP contribution in [0.15, 0.2) is 36.4 Å². The lowest BCUT2D eigenvalue weighted by Crippen LogP contribution is -3.14. The van der Waals surface area contributed by atoms with Gasteiger partial charge in [0.05, 0.1) is 13.1 Å². The first-order chi connectivity index (χ1) is 11.2. The molecule has 0 radical (unpaired) electrons. The molecular formula is C20H30NO2+. The van der Waals surface area contributed by atoms with E-state index in [9.17, 15) is 5.11 Å². The molecule has 0 saturated carbocycles. The first kappa shape index (κ1) is 16.5. The van der Waals surface area contributed by atoms with Gasteiger partial charge < -0.3 is 14.7 Å². The Hall–Kier alpha value is -1.32. The third kappa shape index (κ3) is 4.82. The molecule has 0 bridgehead atoms. The fraction of sp³-hybridized carbons (Fsp3) is 0.600. The highest BCUT2D eigenvalue weighted by atomic mass is 16.5. The Bertz CT molecular complexity index is 503. The van der Waals surface area contributed by atoms with Crippen LogP contribution in [0.3, 0.4) is 0 Å². The lowest BCUT2D eigenvalue weighted by Gasteiger charge is -2.28. The van der Waals surface area contributed by atoms with Gasteiger partial charge in [0.2, 0.25) is 0 Å². The van der Waals surface area contributed by atoms with Gasteiger partial charge in [-0.25, -0.2) is 0 Å². The smallest absolute Gasteiger partial charge is 0.137 e. The Labute approximate surface area is 140 Å². The second-order valence-corrected chi connectivity index (χ2v) is 7.28. The molecule has 1 saturated heterocycles. The molecule has 1 aliphatic heterocycles. The quantitative estimate of drug-likeness (QED) is 0.789. The van der Waals surface area contributed by atoms with Crippen LogP contribution in [0.25, 0.3) is 0 Å². The van der Waals surface area contributed by atoms with Gasteiger partial charge in [0.25, 0.3) is 0 Å². The van der Waals surface area contributed by atoms with E-state index in [-0.39, 0.29) is 6.10 Å². The summed E-state index contributed by atoms with van der Waals surface area (Å²) in [6.07, 6.45) is 9.13. The average Bonchev–Trinajstić information content (AvgIpc) is 3.10. The van der Waals surface area contributed by atoms with Crippen LogP contribution in [0.4, 0.5) is 0 Å². The number of quaternary nitrogens is 1. The molecule has 1 heterocycles. The zero-order valence-corrected chi connectivity index (χ0v) is 14.2. The fourth-order valence-corrected chi connectivity index (χ4v) is 3.68. The van der Waals surface area contributed by atoms with Crippen LogP contribution in [0.1, 0.15) is 44.1 Å². The Balaban J connectivity index is 1.41. The summed E-state index contributed by atoms with van der Waals surface area (Å²) >= 11 is 0. The van der Waals surface area contributed by atoms with Gasteiger partial charge >= 0.3 is 0 Å². The van der Waals surface area contributed by atoms with Gasteiger partial charge in [-0.05, 0) is 49.3 Å². The molecule has 3 nitrogen and oxygen atoms in total. The Morgan fingerprint density at radius 1 is 1.17 bits per heavy atom. The van der Waals surface area contributed by atoms with Gasteiger partial charge in [-0.15, -0.1) is 0 Å². The van der Waals surface area contributed by atoms with E-state index in [1.165, 1.54) is 49.2 Å². The summed E-state index contributed by atoms with van der Waals surface area (Å²) in [6.45, 7) is 5.88. The van der Waals surface area contributed by atoms with Crippen LogP contribution in [-0.4, -0.2) is 37.5 Å². The molecule has 1 fully saturated rings. The number of rotatable bonds is 6. The number of ether oxygens (including phenoxy) is 1. The van der Waals surface area contributed by atoms with Crippen molar-refractivity contribution < 1.29 is 14.7 Å². The molecule has 0 unspecified atom stereocenters. The number of aliphatic hydroxyl groups is 1. The van der Waals surface area contributed by atoms with Crippen molar-refractivity contribution in [2.24, 2.45) is 5.92 Å². The molecule has 0 amide bonds. The highest BCUT2D eigenvalue weighted by Gasteiger charge is 2.21. The highest BCUT2D eigenvalue weighted by molar-refractivity contribution is 5.32. The van der Waals surface area contributed by atoms with Crippen molar-refractivity contribution in [3.8, 4) is 5.75 Å². The van der Waals surface area contributed by atoms with Crippen LogP contribution in [-0.2, 0) is 0 Å². The maximum absolute atomic E-state index is 10.2. The molecule has 1 aliphatic carbocycles. The van der Waals surface area contributed by atoms with Crippen molar-refractivity contribution in [2.45, 2.75) is 44.6 Å². The van der Waals surface area contributed by atoms with Crippen LogP contribution >= 0.6 is 0 Å². The van der Waals surface area contributed by atoms with Crippen molar-refractivity contribution in [2.75, 3.05) is 26.2 Å². The molecule has 0 aromatic heterocycles. The van der Waals surface area contributed by atoms with Crippen LogP contribution in [0, 0.1) is 5.92 Å². The number of likely N-dealkylation sites (tertiary alicyclic amines) is 1. The molecule has 3 rings (SSSR count). The SMILES string of the molecule is CC1CC[NH+](C[C@@H](O)COc2ccc([C@@H]3C=CCC3)cc2)CC1. The minimum atomic E-state index is -0.379. The second kappa shape index (κ2) is 7.98. The van der Waals surface area contributed by atoms with Gasteiger partial charge in [0, 0.05) is 5.92 Å². The molecule has 1 aromatic rings. The molecule has 1 aromatic carbocycles. The van der Waals surface area contributed by atoms with E-state index in [0.29, 0.717) is 12.5 Å². The zero-order chi connectivity index (χ0) is 16.1. The minimum absolute atomic E-state index is 0.379. The predicted octanol–water partition coefficient (Wildman–Crippen LogP) is 2.17. The van der Waals surface area contributed by atoms with E-state index in [1.807, 2.05) is 12.1 Å². The molecule has 2 N–H and O–H groups in total. The van der Waals surface area contributed by atoms with E-state index in [0.717, 1.165) is 18.2 Å². The average molecular weight is 316 g/mol. The summed E-state index contributed by atoms with van der Waals surface area (Å²) in [5, 5.41) is 10.2. The maximum Gasteiger partial charge on any atom is 0.137 e. The van der Waals surface area contributed by atoms with Gasteiger partial charge in [-0.2, -0.15) is 0 Å². The van der Waals surface area contributed by atoms with Crippen molar-refractivity contribution >= 4 is 0 Å². The lowest BCUT2D eigenvalue weighted by molar-refractivity contribution is -0.909. The first-order valence-electron chi connectivity index (χ1n) is 9.12. The molecule has 126 valence electrons. The van der Waals surface area contributed by atoms with Gasteiger partial charge in [0.15, 0.2) is 0 Å². The van der Waals surface area contributed by atoms with Crippen molar-refractivity contribution in [1.29, 1.82) is 0 Å². The second-order valence-electron chi connectivity index (χ2n) is 7.28. The lowest BCUT2D eigenvalue weighted by atomic mass is 9.99. The molecule has 23 heavy (non-hydrogen) atoms. The van der Waals surface area contributed by atoms with Crippen LogP contribution in [0.2, 0.25) is 0 Å². The molecular weight excluding hydrogens is 286 g/mol. The van der Waals surface area contributed by atoms with Gasteiger partial charge in [-0.1, -0.05) is 31.2 Å². The largest absolute Gasteiger partial charge is 0.491 e.